The first-order valence-electron chi connectivity index (χ1n) is 9.66. The number of carbonyl (C=O) groups excluding carboxylic acids is 1. The summed E-state index contributed by atoms with van der Waals surface area (Å²) < 4.78 is 27.6. The molecule has 1 N–H and O–H groups in total. The predicted molar refractivity (Wildman–Crippen MR) is 106 cm³/mol. The Labute approximate surface area is 165 Å². The Balaban J connectivity index is 1.48. The molecule has 1 amide bonds. The molecule has 2 aliphatic rings. The van der Waals surface area contributed by atoms with Crippen LogP contribution in [0.15, 0.2) is 18.2 Å². The Kier molecular flexibility index (Phi) is 4.86. The monoisotopic (exact) mass is 403 g/mol. The van der Waals surface area contributed by atoms with E-state index in [1.807, 2.05) is 6.92 Å². The van der Waals surface area contributed by atoms with E-state index in [-0.39, 0.29) is 11.9 Å². The first-order valence-corrected chi connectivity index (χ1v) is 11.5. The van der Waals surface area contributed by atoms with Crippen molar-refractivity contribution in [2.45, 2.75) is 58.2 Å². The number of rotatable bonds is 4. The Bertz CT molecular complexity index is 1010. The molecule has 0 aliphatic carbocycles. The van der Waals surface area contributed by atoms with Crippen LogP contribution < -0.4 is 9.62 Å². The highest BCUT2D eigenvalue weighted by Gasteiger charge is 2.32. The van der Waals surface area contributed by atoms with Gasteiger partial charge in [0.1, 0.15) is 5.82 Å². The molecule has 1 aromatic heterocycles. The molecular formula is C19H25N5O3S. The fourth-order valence-corrected chi connectivity index (χ4v) is 5.45. The molecule has 0 saturated heterocycles. The van der Waals surface area contributed by atoms with E-state index in [1.165, 1.54) is 17.0 Å². The minimum Gasteiger partial charge on any atom is -0.345 e. The molecule has 9 heteroatoms. The number of aromatic nitrogens is 3. The van der Waals surface area contributed by atoms with Crippen LogP contribution in [-0.4, -0.2) is 41.4 Å². The SMILES string of the molecule is CC1Cc2cc(C(=O)NCc3nnc4n3CCCCC4)ccc2N1S(C)(=O)=O. The minimum atomic E-state index is -3.34. The van der Waals surface area contributed by atoms with Gasteiger partial charge in [-0.2, -0.15) is 0 Å². The van der Waals surface area contributed by atoms with Crippen molar-refractivity contribution in [3.63, 3.8) is 0 Å². The van der Waals surface area contributed by atoms with Gasteiger partial charge in [-0.15, -0.1) is 10.2 Å². The second-order valence-electron chi connectivity index (χ2n) is 7.63. The third-order valence-corrected chi connectivity index (χ3v) is 6.72. The maximum absolute atomic E-state index is 12.6. The van der Waals surface area contributed by atoms with E-state index in [1.54, 1.807) is 18.2 Å². The van der Waals surface area contributed by atoms with Gasteiger partial charge in [-0.25, -0.2) is 8.42 Å². The molecule has 2 aromatic rings. The number of nitrogens with one attached hydrogen (secondary N) is 1. The molecule has 0 spiro atoms. The van der Waals surface area contributed by atoms with Gasteiger partial charge in [-0.1, -0.05) is 6.42 Å². The first kappa shape index (κ1) is 18.9. The number of anilines is 1. The molecule has 0 saturated carbocycles. The number of aryl methyl sites for hydroxylation is 1. The lowest BCUT2D eigenvalue weighted by molar-refractivity contribution is 0.0949. The zero-order valence-corrected chi connectivity index (χ0v) is 17.0. The Morgan fingerprint density at radius 2 is 2.07 bits per heavy atom. The molecule has 1 aromatic carbocycles. The molecule has 1 unspecified atom stereocenters. The van der Waals surface area contributed by atoms with E-state index in [2.05, 4.69) is 20.1 Å². The van der Waals surface area contributed by atoms with E-state index in [4.69, 9.17) is 0 Å². The summed E-state index contributed by atoms with van der Waals surface area (Å²) in [4.78, 5) is 12.6. The number of hydrogen-bond donors (Lipinski definition) is 1. The third-order valence-electron chi connectivity index (χ3n) is 5.45. The van der Waals surface area contributed by atoms with E-state index < -0.39 is 10.0 Å². The summed E-state index contributed by atoms with van der Waals surface area (Å²) in [6.45, 7) is 3.10. The average Bonchev–Trinajstić information content (AvgIpc) is 3.09. The lowest BCUT2D eigenvalue weighted by atomic mass is 10.1. The standard InChI is InChI=1S/C19H25N5O3S/c1-13-10-15-11-14(7-8-16(15)24(13)28(2,26)27)19(25)20-12-18-22-21-17-6-4-3-5-9-23(17)18/h7-8,11,13H,3-6,9-10,12H2,1-2H3,(H,20,25). The zero-order valence-electron chi connectivity index (χ0n) is 16.2. The van der Waals surface area contributed by atoms with Crippen molar-refractivity contribution in [1.82, 2.24) is 20.1 Å². The van der Waals surface area contributed by atoms with Crippen LogP contribution in [0.1, 0.15) is 53.8 Å². The van der Waals surface area contributed by atoms with Crippen molar-refractivity contribution in [3.05, 3.63) is 41.0 Å². The highest BCUT2D eigenvalue weighted by molar-refractivity contribution is 7.92. The van der Waals surface area contributed by atoms with Gasteiger partial charge in [-0.05, 0) is 49.9 Å². The first-order chi connectivity index (χ1) is 13.3. The molecular weight excluding hydrogens is 378 g/mol. The Morgan fingerprint density at radius 1 is 1.25 bits per heavy atom. The van der Waals surface area contributed by atoms with Crippen LogP contribution in [0.3, 0.4) is 0 Å². The zero-order chi connectivity index (χ0) is 19.9. The normalized spacial score (nSPS) is 19.1. The van der Waals surface area contributed by atoms with Gasteiger partial charge in [0.15, 0.2) is 5.82 Å². The molecule has 150 valence electrons. The van der Waals surface area contributed by atoms with Gasteiger partial charge in [0.25, 0.3) is 5.91 Å². The number of fused-ring (bicyclic) bond motifs is 2. The van der Waals surface area contributed by atoms with Crippen molar-refractivity contribution < 1.29 is 13.2 Å². The summed E-state index contributed by atoms with van der Waals surface area (Å²) in [5.41, 5.74) is 2.06. The van der Waals surface area contributed by atoms with Crippen LogP contribution in [0, 0.1) is 0 Å². The van der Waals surface area contributed by atoms with E-state index >= 15 is 0 Å². The van der Waals surface area contributed by atoms with Gasteiger partial charge in [0.05, 0.1) is 18.5 Å². The minimum absolute atomic E-state index is 0.144. The number of hydrogen-bond acceptors (Lipinski definition) is 5. The van der Waals surface area contributed by atoms with E-state index in [0.29, 0.717) is 24.2 Å². The topological polar surface area (TPSA) is 97.2 Å². The van der Waals surface area contributed by atoms with Crippen molar-refractivity contribution in [3.8, 4) is 0 Å². The average molecular weight is 404 g/mol. The molecule has 1 atom stereocenters. The van der Waals surface area contributed by atoms with Crippen LogP contribution in [0.2, 0.25) is 0 Å². The van der Waals surface area contributed by atoms with Crippen LogP contribution in [0.25, 0.3) is 0 Å². The number of benzene rings is 1. The molecule has 8 nitrogen and oxygen atoms in total. The van der Waals surface area contributed by atoms with Crippen molar-refractivity contribution in [1.29, 1.82) is 0 Å². The van der Waals surface area contributed by atoms with E-state index in [0.717, 1.165) is 43.0 Å². The van der Waals surface area contributed by atoms with Crippen molar-refractivity contribution >= 4 is 21.6 Å². The highest BCUT2D eigenvalue weighted by atomic mass is 32.2. The van der Waals surface area contributed by atoms with Crippen LogP contribution in [-0.2, 0) is 36.0 Å². The molecule has 3 heterocycles. The second kappa shape index (κ2) is 7.20. The summed E-state index contributed by atoms with van der Waals surface area (Å²) in [6, 6.07) is 5.04. The van der Waals surface area contributed by atoms with E-state index in [9.17, 15) is 13.2 Å². The van der Waals surface area contributed by atoms with Crippen molar-refractivity contribution in [2.24, 2.45) is 0 Å². The van der Waals surface area contributed by atoms with Crippen LogP contribution in [0.4, 0.5) is 5.69 Å². The van der Waals surface area contributed by atoms with Gasteiger partial charge in [0, 0.05) is 24.6 Å². The maximum atomic E-state index is 12.6. The quantitative estimate of drug-likeness (QED) is 0.837. The maximum Gasteiger partial charge on any atom is 0.251 e. The number of nitrogens with zero attached hydrogens (tertiary/aromatic N) is 4. The van der Waals surface area contributed by atoms with Crippen LogP contribution in [0.5, 0.6) is 0 Å². The summed E-state index contributed by atoms with van der Waals surface area (Å²) in [7, 11) is -3.34. The van der Waals surface area contributed by atoms with Gasteiger partial charge in [0.2, 0.25) is 10.0 Å². The van der Waals surface area contributed by atoms with Crippen LogP contribution >= 0.6 is 0 Å². The van der Waals surface area contributed by atoms with Gasteiger partial charge < -0.3 is 9.88 Å². The lowest BCUT2D eigenvalue weighted by Crippen LogP contribution is -2.34. The largest absolute Gasteiger partial charge is 0.345 e. The van der Waals surface area contributed by atoms with Gasteiger partial charge in [-0.3, -0.25) is 9.10 Å². The van der Waals surface area contributed by atoms with Gasteiger partial charge >= 0.3 is 0 Å². The predicted octanol–water partition coefficient (Wildman–Crippen LogP) is 1.65. The molecule has 28 heavy (non-hydrogen) atoms. The Morgan fingerprint density at radius 3 is 2.86 bits per heavy atom. The Hall–Kier alpha value is -2.42. The second-order valence-corrected chi connectivity index (χ2v) is 9.49. The summed E-state index contributed by atoms with van der Waals surface area (Å²) in [6.07, 6.45) is 6.16. The van der Waals surface area contributed by atoms with Crippen molar-refractivity contribution in [2.75, 3.05) is 10.6 Å². The fraction of sp³-hybridized carbons (Fsp3) is 0.526. The number of sulfonamides is 1. The summed E-state index contributed by atoms with van der Waals surface area (Å²) in [5, 5.41) is 11.4. The molecule has 0 fully saturated rings. The number of carbonyl (C=O) groups is 1. The molecule has 0 radical (unpaired) electrons. The smallest absolute Gasteiger partial charge is 0.251 e. The molecule has 4 rings (SSSR count). The summed E-state index contributed by atoms with van der Waals surface area (Å²) >= 11 is 0. The molecule has 2 aliphatic heterocycles. The lowest BCUT2D eigenvalue weighted by Gasteiger charge is -2.21. The fourth-order valence-electron chi connectivity index (χ4n) is 4.19. The third kappa shape index (κ3) is 3.50. The summed E-state index contributed by atoms with van der Waals surface area (Å²) in [5.74, 6) is 1.58. The molecule has 0 bridgehead atoms. The highest BCUT2D eigenvalue weighted by Crippen LogP contribution is 2.34. The number of amides is 1.